The molecule has 0 aromatic rings. The molecule has 3 atom stereocenters. The zero-order valence-corrected chi connectivity index (χ0v) is 35.5. The zero-order chi connectivity index (χ0) is 40.0. The lowest BCUT2D eigenvalue weighted by Crippen LogP contribution is -2.34. The minimum atomic E-state index is -4.70. The molecule has 0 aliphatic carbocycles. The maximum absolute atomic E-state index is 12.6. The Morgan fingerprint density at radius 2 is 0.815 bits per heavy atom. The molecule has 4 N–H and O–H groups in total. The molecule has 11 nitrogen and oxygen atoms in total. The van der Waals surface area contributed by atoms with Crippen molar-refractivity contribution >= 4 is 25.7 Å². The number of hydrogen-bond donors (Lipinski definition) is 3. The lowest BCUT2D eigenvalue weighted by atomic mass is 10.0. The second-order valence-corrected chi connectivity index (χ2v) is 16.7. The number of unbranched alkanes of at least 4 members (excludes halogenated alkanes) is 28. The Labute approximate surface area is 329 Å². The van der Waals surface area contributed by atoms with E-state index >= 15 is 0 Å². The van der Waals surface area contributed by atoms with Gasteiger partial charge in [-0.05, 0) is 12.8 Å². The largest absolute Gasteiger partial charge is 0.480 e. The molecular formula is C42H82NO10P. The van der Waals surface area contributed by atoms with Crippen molar-refractivity contribution in [1.82, 2.24) is 0 Å². The highest BCUT2D eigenvalue weighted by Gasteiger charge is 2.28. The quantitative estimate of drug-likeness (QED) is 0.0305. The third kappa shape index (κ3) is 37.4. The van der Waals surface area contributed by atoms with Gasteiger partial charge in [-0.2, -0.15) is 0 Å². The second kappa shape index (κ2) is 38.4. The number of carbonyl (C=O) groups is 3. The van der Waals surface area contributed by atoms with Crippen LogP contribution in [0.5, 0.6) is 0 Å². The van der Waals surface area contributed by atoms with E-state index in [4.69, 9.17) is 24.8 Å². The molecule has 0 aromatic carbocycles. The molecule has 0 heterocycles. The summed E-state index contributed by atoms with van der Waals surface area (Å²) in [5, 5.41) is 8.87. The molecule has 0 radical (unpaired) electrons. The summed E-state index contributed by atoms with van der Waals surface area (Å²) in [5.74, 6) is -2.37. The van der Waals surface area contributed by atoms with E-state index in [1.54, 1.807) is 0 Å². The van der Waals surface area contributed by atoms with Crippen LogP contribution in [0.15, 0.2) is 0 Å². The van der Waals surface area contributed by atoms with Crippen LogP contribution < -0.4 is 5.73 Å². The van der Waals surface area contributed by atoms with Gasteiger partial charge in [0, 0.05) is 12.8 Å². The number of ether oxygens (including phenoxy) is 2. The summed E-state index contributed by atoms with van der Waals surface area (Å²) in [4.78, 5) is 45.8. The minimum Gasteiger partial charge on any atom is -0.480 e. The van der Waals surface area contributed by atoms with Gasteiger partial charge in [0.25, 0.3) is 0 Å². The predicted octanol–water partition coefficient (Wildman–Crippen LogP) is 11.5. The molecular weight excluding hydrogens is 709 g/mol. The van der Waals surface area contributed by atoms with Crippen molar-refractivity contribution in [2.75, 3.05) is 19.8 Å². The highest BCUT2D eigenvalue weighted by Crippen LogP contribution is 2.43. The van der Waals surface area contributed by atoms with E-state index in [-0.39, 0.29) is 19.4 Å². The normalized spacial score (nSPS) is 13.7. The Balaban J connectivity index is 4.15. The third-order valence-corrected chi connectivity index (χ3v) is 10.8. The van der Waals surface area contributed by atoms with Gasteiger partial charge in [0.05, 0.1) is 13.2 Å². The van der Waals surface area contributed by atoms with Crippen LogP contribution in [-0.4, -0.2) is 59.9 Å². The van der Waals surface area contributed by atoms with Crippen LogP contribution in [-0.2, 0) is 37.5 Å². The first-order valence-electron chi connectivity index (χ1n) is 22.1. The van der Waals surface area contributed by atoms with Crippen molar-refractivity contribution in [3.8, 4) is 0 Å². The second-order valence-electron chi connectivity index (χ2n) is 15.2. The van der Waals surface area contributed by atoms with Crippen molar-refractivity contribution in [2.45, 2.75) is 231 Å². The molecule has 54 heavy (non-hydrogen) atoms. The van der Waals surface area contributed by atoms with E-state index in [1.165, 1.54) is 141 Å². The number of esters is 2. The summed E-state index contributed by atoms with van der Waals surface area (Å²) < 4.78 is 32.6. The Morgan fingerprint density at radius 1 is 0.500 bits per heavy atom. The average molecular weight is 792 g/mol. The van der Waals surface area contributed by atoms with E-state index in [1.807, 2.05) is 0 Å². The van der Waals surface area contributed by atoms with Gasteiger partial charge in [0.1, 0.15) is 12.6 Å². The highest BCUT2D eigenvalue weighted by atomic mass is 31.2. The number of carboxylic acids is 1. The molecule has 0 saturated heterocycles. The van der Waals surface area contributed by atoms with E-state index < -0.39 is 51.1 Å². The Morgan fingerprint density at radius 3 is 1.17 bits per heavy atom. The number of carboxylic acid groups (broad SMARTS) is 1. The fourth-order valence-corrected chi connectivity index (χ4v) is 7.14. The molecule has 0 aliphatic rings. The van der Waals surface area contributed by atoms with Gasteiger partial charge < -0.3 is 25.2 Å². The van der Waals surface area contributed by atoms with Gasteiger partial charge in [-0.15, -0.1) is 0 Å². The number of aliphatic carboxylic acids is 1. The number of carbonyl (C=O) groups excluding carboxylic acids is 2. The van der Waals surface area contributed by atoms with Gasteiger partial charge in [0.15, 0.2) is 6.10 Å². The van der Waals surface area contributed by atoms with Gasteiger partial charge in [-0.25, -0.2) is 4.57 Å². The van der Waals surface area contributed by atoms with Crippen LogP contribution in [0.25, 0.3) is 0 Å². The van der Waals surface area contributed by atoms with Crippen LogP contribution in [0.4, 0.5) is 0 Å². The number of phosphoric acid groups is 1. The van der Waals surface area contributed by atoms with Gasteiger partial charge in [-0.3, -0.25) is 23.4 Å². The van der Waals surface area contributed by atoms with Gasteiger partial charge in [0.2, 0.25) is 0 Å². The summed E-state index contributed by atoms with van der Waals surface area (Å²) in [5.41, 5.74) is 5.32. The maximum Gasteiger partial charge on any atom is 0.472 e. The maximum atomic E-state index is 12.6. The fourth-order valence-electron chi connectivity index (χ4n) is 6.36. The number of rotatable bonds is 42. The number of nitrogens with two attached hydrogens (primary N) is 1. The minimum absolute atomic E-state index is 0.169. The van der Waals surface area contributed by atoms with Gasteiger partial charge in [-0.1, -0.05) is 194 Å². The first kappa shape index (κ1) is 52.5. The summed E-state index contributed by atoms with van der Waals surface area (Å²) in [6.07, 6.45) is 36.2. The predicted molar refractivity (Wildman–Crippen MR) is 217 cm³/mol. The van der Waals surface area contributed by atoms with E-state index in [9.17, 15) is 23.8 Å². The lowest BCUT2D eigenvalue weighted by molar-refractivity contribution is -0.161. The molecule has 0 aromatic heterocycles. The molecule has 0 amide bonds. The van der Waals surface area contributed by atoms with Crippen LogP contribution >= 0.6 is 7.82 Å². The summed E-state index contributed by atoms with van der Waals surface area (Å²) in [6.45, 7) is 2.79. The third-order valence-electron chi connectivity index (χ3n) is 9.86. The first-order chi connectivity index (χ1) is 26.1. The SMILES string of the molecule is CCCCCCCCCCCCCCCCCCCCCCCCC(=O)O[C@@H](COC(=O)CCCCCCCCCC)COP(=O)(O)OC[C@H](N)C(=O)O. The van der Waals surface area contributed by atoms with Gasteiger partial charge >= 0.3 is 25.7 Å². The standard InChI is InChI=1S/C42H82NO10P/c1-3-5-7-9-11-13-14-15-16-17-18-19-20-21-22-23-24-25-26-28-30-32-34-41(45)53-38(36-51-54(48,49)52-37-39(43)42(46)47)35-50-40(44)33-31-29-27-12-10-8-6-4-2/h38-39H,3-37,43H2,1-2H3,(H,46,47)(H,48,49)/t38-,39-/m0/s1. The molecule has 0 aliphatic heterocycles. The van der Waals surface area contributed by atoms with Crippen LogP contribution in [0.1, 0.15) is 219 Å². The summed E-state index contributed by atoms with van der Waals surface area (Å²) in [7, 11) is -4.70. The summed E-state index contributed by atoms with van der Waals surface area (Å²) >= 11 is 0. The van der Waals surface area contributed by atoms with Crippen molar-refractivity contribution in [1.29, 1.82) is 0 Å². The average Bonchev–Trinajstić information content (AvgIpc) is 3.14. The van der Waals surface area contributed by atoms with Crippen LogP contribution in [0.3, 0.4) is 0 Å². The first-order valence-corrected chi connectivity index (χ1v) is 23.6. The number of hydrogen-bond acceptors (Lipinski definition) is 9. The van der Waals surface area contributed by atoms with Crippen LogP contribution in [0.2, 0.25) is 0 Å². The molecule has 0 bridgehead atoms. The van der Waals surface area contributed by atoms with Crippen molar-refractivity contribution in [3.63, 3.8) is 0 Å². The molecule has 1 unspecified atom stereocenters. The van der Waals surface area contributed by atoms with Crippen LogP contribution in [0, 0.1) is 0 Å². The van der Waals surface area contributed by atoms with E-state index in [2.05, 4.69) is 18.4 Å². The molecule has 0 rings (SSSR count). The Kier molecular flexibility index (Phi) is 37.3. The molecule has 320 valence electrons. The van der Waals surface area contributed by atoms with Crippen molar-refractivity contribution in [3.05, 3.63) is 0 Å². The topological polar surface area (TPSA) is 172 Å². The smallest absolute Gasteiger partial charge is 0.472 e. The van der Waals surface area contributed by atoms with E-state index in [0.29, 0.717) is 12.8 Å². The molecule has 0 saturated carbocycles. The summed E-state index contributed by atoms with van der Waals surface area (Å²) in [6, 6.07) is -1.52. The van der Waals surface area contributed by atoms with Crippen molar-refractivity contribution in [2.24, 2.45) is 5.73 Å². The molecule has 12 heteroatoms. The lowest BCUT2D eigenvalue weighted by Gasteiger charge is -2.20. The Hall–Kier alpha value is -1.52. The number of phosphoric ester groups is 1. The van der Waals surface area contributed by atoms with Crippen molar-refractivity contribution < 1.29 is 47.5 Å². The zero-order valence-electron chi connectivity index (χ0n) is 34.6. The molecule has 0 fully saturated rings. The fraction of sp³-hybridized carbons (Fsp3) is 0.929. The highest BCUT2D eigenvalue weighted by molar-refractivity contribution is 7.47. The molecule has 0 spiro atoms. The Bertz CT molecular complexity index is 937. The monoisotopic (exact) mass is 792 g/mol. The van der Waals surface area contributed by atoms with E-state index in [0.717, 1.165) is 38.5 Å².